The lowest BCUT2D eigenvalue weighted by atomic mass is 10.0. The smallest absolute Gasteiger partial charge is 0.220 e. The van der Waals surface area contributed by atoms with Crippen LogP contribution in [0.1, 0.15) is 47.0 Å². The van der Waals surface area contributed by atoms with Crippen molar-refractivity contribution in [2.75, 3.05) is 0 Å². The van der Waals surface area contributed by atoms with Crippen molar-refractivity contribution in [1.29, 1.82) is 0 Å². The molecule has 1 amide bonds. The van der Waals surface area contributed by atoms with Crippen molar-refractivity contribution in [2.45, 2.75) is 52.5 Å². The topological polar surface area (TPSA) is 29.1 Å². The summed E-state index contributed by atoms with van der Waals surface area (Å²) in [6, 6.07) is 0. The van der Waals surface area contributed by atoms with Crippen LogP contribution in [-0.2, 0) is 4.79 Å². The maximum atomic E-state index is 11.4. The van der Waals surface area contributed by atoms with Crippen LogP contribution in [0.5, 0.6) is 0 Å². The molecule has 0 unspecified atom stereocenters. The molecule has 0 aromatic carbocycles. The molecule has 1 aliphatic carbocycles. The van der Waals surface area contributed by atoms with E-state index in [4.69, 9.17) is 0 Å². The van der Waals surface area contributed by atoms with Gasteiger partial charge >= 0.3 is 0 Å². The Labute approximate surface area is 74.7 Å². The van der Waals surface area contributed by atoms with Crippen LogP contribution in [0.15, 0.2) is 0 Å². The Hall–Kier alpha value is -0.530. The number of hydrogen-bond acceptors (Lipinski definition) is 1. The van der Waals surface area contributed by atoms with E-state index in [1.807, 2.05) is 20.8 Å². The van der Waals surface area contributed by atoms with Gasteiger partial charge in [0.1, 0.15) is 0 Å². The molecule has 0 radical (unpaired) electrons. The molecule has 2 nitrogen and oxygen atoms in total. The average Bonchev–Trinajstić information content (AvgIpc) is 2.40. The van der Waals surface area contributed by atoms with Crippen LogP contribution in [-0.4, -0.2) is 11.4 Å². The molecule has 0 heterocycles. The molecule has 2 heteroatoms. The van der Waals surface area contributed by atoms with Crippen LogP contribution in [0.2, 0.25) is 0 Å². The molecule has 0 aliphatic heterocycles. The first-order valence-electron chi connectivity index (χ1n) is 4.62. The van der Waals surface area contributed by atoms with Crippen LogP contribution in [0.25, 0.3) is 0 Å². The number of hydrogen-bond donors (Lipinski definition) is 1. The summed E-state index contributed by atoms with van der Waals surface area (Å²) in [5.74, 6) is 0.197. The Morgan fingerprint density at radius 2 is 1.92 bits per heavy atom. The maximum absolute atomic E-state index is 11.4. The highest BCUT2D eigenvalue weighted by Crippen LogP contribution is 2.47. The molecule has 0 saturated heterocycles. The zero-order chi connectivity index (χ0) is 9.41. The van der Waals surface area contributed by atoms with Gasteiger partial charge in [-0.25, -0.2) is 0 Å². The Bertz CT molecular complexity index is 177. The molecule has 0 aromatic rings. The van der Waals surface area contributed by atoms with Gasteiger partial charge in [0.05, 0.1) is 0 Å². The molecular formula is C10H19NO. The monoisotopic (exact) mass is 169 g/mol. The van der Waals surface area contributed by atoms with Gasteiger partial charge in [0.25, 0.3) is 0 Å². The fraction of sp³-hybridized carbons (Fsp3) is 0.900. The number of rotatable bonds is 2. The van der Waals surface area contributed by atoms with E-state index in [9.17, 15) is 4.79 Å². The fourth-order valence-corrected chi connectivity index (χ4v) is 1.24. The second-order valence-corrected chi connectivity index (χ2v) is 5.29. The highest BCUT2D eigenvalue weighted by Gasteiger charge is 2.39. The van der Waals surface area contributed by atoms with Gasteiger partial charge in [-0.2, -0.15) is 0 Å². The molecule has 0 spiro atoms. The summed E-state index contributed by atoms with van der Waals surface area (Å²) in [6.45, 7) is 8.22. The third kappa shape index (κ3) is 3.24. The van der Waals surface area contributed by atoms with Crippen molar-refractivity contribution >= 4 is 5.91 Å². The van der Waals surface area contributed by atoms with Gasteiger partial charge in [0.15, 0.2) is 0 Å². The molecule has 0 atom stereocenters. The highest BCUT2D eigenvalue weighted by molar-refractivity contribution is 5.77. The van der Waals surface area contributed by atoms with E-state index in [0.717, 1.165) is 0 Å². The van der Waals surface area contributed by atoms with Crippen molar-refractivity contribution in [1.82, 2.24) is 5.32 Å². The van der Waals surface area contributed by atoms with Crippen molar-refractivity contribution in [3.63, 3.8) is 0 Å². The molecular weight excluding hydrogens is 150 g/mol. The van der Waals surface area contributed by atoms with Crippen LogP contribution in [0, 0.1) is 5.41 Å². The van der Waals surface area contributed by atoms with Crippen molar-refractivity contribution in [3.8, 4) is 0 Å². The zero-order valence-corrected chi connectivity index (χ0v) is 8.53. The average molecular weight is 169 g/mol. The van der Waals surface area contributed by atoms with E-state index in [-0.39, 0.29) is 11.4 Å². The van der Waals surface area contributed by atoms with Gasteiger partial charge in [-0.15, -0.1) is 0 Å². The first-order valence-corrected chi connectivity index (χ1v) is 4.62. The summed E-state index contributed by atoms with van der Waals surface area (Å²) in [5.41, 5.74) is 0.248. The van der Waals surface area contributed by atoms with Crippen LogP contribution < -0.4 is 5.32 Å². The first-order chi connectivity index (χ1) is 5.31. The third-order valence-electron chi connectivity index (χ3n) is 2.21. The van der Waals surface area contributed by atoms with Gasteiger partial charge in [0, 0.05) is 12.0 Å². The van der Waals surface area contributed by atoms with E-state index >= 15 is 0 Å². The van der Waals surface area contributed by atoms with Crippen molar-refractivity contribution in [2.24, 2.45) is 5.41 Å². The standard InChI is InChI=1S/C10H19NO/c1-9(2,3)11-8(12)7-10(4)5-6-10/h5-7H2,1-4H3,(H,11,12). The minimum absolute atomic E-state index is 0.0810. The fourth-order valence-electron chi connectivity index (χ4n) is 1.24. The van der Waals surface area contributed by atoms with E-state index in [2.05, 4.69) is 12.2 Å². The zero-order valence-electron chi connectivity index (χ0n) is 8.53. The van der Waals surface area contributed by atoms with Gasteiger partial charge < -0.3 is 5.32 Å². The molecule has 0 bridgehead atoms. The van der Waals surface area contributed by atoms with Gasteiger partial charge in [-0.1, -0.05) is 6.92 Å². The lowest BCUT2D eigenvalue weighted by Crippen LogP contribution is -2.41. The Morgan fingerprint density at radius 1 is 1.42 bits per heavy atom. The normalized spacial score (nSPS) is 20.3. The lowest BCUT2D eigenvalue weighted by Gasteiger charge is -2.21. The Balaban J connectivity index is 2.30. The highest BCUT2D eigenvalue weighted by atomic mass is 16.1. The molecule has 1 fully saturated rings. The van der Waals surface area contributed by atoms with Gasteiger partial charge in [-0.3, -0.25) is 4.79 Å². The number of carbonyl (C=O) groups excluding carboxylic acids is 1. The number of carbonyl (C=O) groups is 1. The first kappa shape index (κ1) is 9.56. The quantitative estimate of drug-likeness (QED) is 0.673. The molecule has 1 aliphatic rings. The summed E-state index contributed by atoms with van der Waals surface area (Å²) >= 11 is 0. The molecule has 12 heavy (non-hydrogen) atoms. The molecule has 1 rings (SSSR count). The summed E-state index contributed by atoms with van der Waals surface area (Å²) < 4.78 is 0. The maximum Gasteiger partial charge on any atom is 0.220 e. The summed E-state index contributed by atoms with van der Waals surface area (Å²) in [6.07, 6.45) is 3.12. The van der Waals surface area contributed by atoms with Crippen LogP contribution in [0.4, 0.5) is 0 Å². The molecule has 1 saturated carbocycles. The Kier molecular flexibility index (Phi) is 2.19. The molecule has 70 valence electrons. The van der Waals surface area contributed by atoms with E-state index in [1.54, 1.807) is 0 Å². The summed E-state index contributed by atoms with van der Waals surface area (Å²) in [5, 5.41) is 2.98. The van der Waals surface area contributed by atoms with Gasteiger partial charge in [-0.05, 0) is 39.0 Å². The van der Waals surface area contributed by atoms with E-state index < -0.39 is 0 Å². The lowest BCUT2D eigenvalue weighted by molar-refractivity contribution is -0.123. The minimum Gasteiger partial charge on any atom is -0.351 e. The number of amides is 1. The summed E-state index contributed by atoms with van der Waals surface area (Å²) in [4.78, 5) is 11.4. The van der Waals surface area contributed by atoms with Crippen LogP contribution >= 0.6 is 0 Å². The van der Waals surface area contributed by atoms with Crippen LogP contribution in [0.3, 0.4) is 0 Å². The molecule has 0 aromatic heterocycles. The number of nitrogens with one attached hydrogen (secondary N) is 1. The van der Waals surface area contributed by atoms with E-state index in [0.29, 0.717) is 11.8 Å². The van der Waals surface area contributed by atoms with Crippen molar-refractivity contribution in [3.05, 3.63) is 0 Å². The minimum atomic E-state index is -0.0810. The largest absolute Gasteiger partial charge is 0.351 e. The second-order valence-electron chi connectivity index (χ2n) is 5.29. The predicted octanol–water partition coefficient (Wildman–Crippen LogP) is 2.09. The summed E-state index contributed by atoms with van der Waals surface area (Å²) in [7, 11) is 0. The molecule has 1 N–H and O–H groups in total. The predicted molar refractivity (Wildman–Crippen MR) is 49.9 cm³/mol. The van der Waals surface area contributed by atoms with Gasteiger partial charge in [0.2, 0.25) is 5.91 Å². The second kappa shape index (κ2) is 2.75. The third-order valence-corrected chi connectivity index (χ3v) is 2.21. The van der Waals surface area contributed by atoms with Crippen molar-refractivity contribution < 1.29 is 4.79 Å². The SMILES string of the molecule is CC1(CC(=O)NC(C)(C)C)CC1. The van der Waals surface area contributed by atoms with E-state index in [1.165, 1.54) is 12.8 Å². The Morgan fingerprint density at radius 3 is 2.25 bits per heavy atom.